The quantitative estimate of drug-likeness (QED) is 0.655. The predicted octanol–water partition coefficient (Wildman–Crippen LogP) is 4.35. The van der Waals surface area contributed by atoms with Gasteiger partial charge in [-0.1, -0.05) is 47.7 Å². The molecule has 5 nitrogen and oxygen atoms in total. The molecule has 3 aromatic rings. The maximum Gasteiger partial charge on any atom is 0.237 e. The van der Waals surface area contributed by atoms with E-state index < -0.39 is 5.25 Å². The van der Waals surface area contributed by atoms with Crippen molar-refractivity contribution in [3.63, 3.8) is 0 Å². The lowest BCUT2D eigenvalue weighted by molar-refractivity contribution is -0.115. The molecule has 2 aromatic carbocycles. The van der Waals surface area contributed by atoms with Gasteiger partial charge >= 0.3 is 0 Å². The van der Waals surface area contributed by atoms with Gasteiger partial charge in [0, 0.05) is 11.3 Å². The number of halogens is 1. The Morgan fingerprint density at radius 2 is 1.92 bits per heavy atom. The van der Waals surface area contributed by atoms with Gasteiger partial charge in [0.05, 0.1) is 5.25 Å². The van der Waals surface area contributed by atoms with Crippen LogP contribution in [-0.2, 0) is 4.79 Å². The maximum atomic E-state index is 13.6. The van der Waals surface area contributed by atoms with Gasteiger partial charge in [0.25, 0.3) is 0 Å². The van der Waals surface area contributed by atoms with Crippen LogP contribution < -0.4 is 5.32 Å². The molecule has 0 aliphatic heterocycles. The SMILES string of the molecule is Cc1ccc(-c2nc(SC(C)C(=O)Nc3ccc(C)c(F)c3)n[nH]2)cc1. The first-order valence-electron chi connectivity index (χ1n) is 8.15. The molecule has 0 saturated heterocycles. The minimum absolute atomic E-state index is 0.236. The molecule has 0 aliphatic rings. The van der Waals surface area contributed by atoms with Crippen molar-refractivity contribution in [3.05, 3.63) is 59.4 Å². The number of H-pyrrole nitrogens is 1. The largest absolute Gasteiger partial charge is 0.325 e. The van der Waals surface area contributed by atoms with E-state index in [0.717, 1.165) is 5.56 Å². The summed E-state index contributed by atoms with van der Waals surface area (Å²) >= 11 is 1.24. The molecule has 1 aromatic heterocycles. The molecule has 1 atom stereocenters. The van der Waals surface area contributed by atoms with Crippen molar-refractivity contribution in [2.45, 2.75) is 31.2 Å². The third kappa shape index (κ3) is 4.29. The summed E-state index contributed by atoms with van der Waals surface area (Å²) in [5.41, 5.74) is 3.07. The van der Waals surface area contributed by atoms with E-state index in [4.69, 9.17) is 0 Å². The van der Waals surface area contributed by atoms with E-state index in [0.29, 0.717) is 22.2 Å². The van der Waals surface area contributed by atoms with Crippen molar-refractivity contribution >= 4 is 23.4 Å². The first-order chi connectivity index (χ1) is 12.4. The molecule has 1 unspecified atom stereocenters. The van der Waals surface area contributed by atoms with Crippen LogP contribution in [0.5, 0.6) is 0 Å². The minimum Gasteiger partial charge on any atom is -0.325 e. The summed E-state index contributed by atoms with van der Waals surface area (Å²) in [6.45, 7) is 5.45. The third-order valence-electron chi connectivity index (χ3n) is 3.88. The van der Waals surface area contributed by atoms with E-state index in [-0.39, 0.29) is 11.7 Å². The Bertz CT molecular complexity index is 924. The van der Waals surface area contributed by atoms with Gasteiger partial charge in [0.15, 0.2) is 5.82 Å². The number of anilines is 1. The molecule has 134 valence electrons. The molecule has 1 heterocycles. The van der Waals surface area contributed by atoms with Gasteiger partial charge in [-0.15, -0.1) is 5.10 Å². The Balaban J connectivity index is 1.64. The highest BCUT2D eigenvalue weighted by Gasteiger charge is 2.18. The van der Waals surface area contributed by atoms with Crippen molar-refractivity contribution in [2.75, 3.05) is 5.32 Å². The zero-order chi connectivity index (χ0) is 18.7. The van der Waals surface area contributed by atoms with Crippen LogP contribution in [0.4, 0.5) is 10.1 Å². The number of aromatic nitrogens is 3. The molecule has 0 bridgehead atoms. The number of carbonyl (C=O) groups excluding carboxylic acids is 1. The zero-order valence-corrected chi connectivity index (χ0v) is 15.5. The maximum absolute atomic E-state index is 13.6. The van der Waals surface area contributed by atoms with Gasteiger partial charge in [0.1, 0.15) is 5.82 Å². The van der Waals surface area contributed by atoms with Gasteiger partial charge in [-0.05, 0) is 38.5 Å². The number of aromatic amines is 1. The number of carbonyl (C=O) groups is 1. The molecule has 0 aliphatic carbocycles. The molecular formula is C19H19FN4OS. The predicted molar refractivity (Wildman–Crippen MR) is 102 cm³/mol. The molecule has 7 heteroatoms. The normalized spacial score (nSPS) is 12.0. The average Bonchev–Trinajstić information content (AvgIpc) is 3.07. The lowest BCUT2D eigenvalue weighted by Gasteiger charge is -2.10. The van der Waals surface area contributed by atoms with Gasteiger partial charge in [-0.3, -0.25) is 9.89 Å². The fourth-order valence-electron chi connectivity index (χ4n) is 2.27. The van der Waals surface area contributed by atoms with E-state index in [9.17, 15) is 9.18 Å². The van der Waals surface area contributed by atoms with Crippen molar-refractivity contribution < 1.29 is 9.18 Å². The van der Waals surface area contributed by atoms with Crippen molar-refractivity contribution in [3.8, 4) is 11.4 Å². The standard InChI is InChI=1S/C19H19FN4OS/c1-11-4-7-14(8-5-11)17-22-19(24-23-17)26-13(3)18(25)21-15-9-6-12(2)16(20)10-15/h4-10,13H,1-3H3,(H,21,25)(H,22,23,24). The van der Waals surface area contributed by atoms with Crippen LogP contribution in [0.1, 0.15) is 18.1 Å². The fraction of sp³-hybridized carbons (Fsp3) is 0.211. The molecular weight excluding hydrogens is 351 g/mol. The topological polar surface area (TPSA) is 70.7 Å². The van der Waals surface area contributed by atoms with Crippen molar-refractivity contribution in [1.29, 1.82) is 0 Å². The molecule has 1 amide bonds. The summed E-state index contributed by atoms with van der Waals surface area (Å²) < 4.78 is 13.6. The van der Waals surface area contributed by atoms with Crippen LogP contribution in [-0.4, -0.2) is 26.3 Å². The average molecular weight is 370 g/mol. The smallest absolute Gasteiger partial charge is 0.237 e. The van der Waals surface area contributed by atoms with Crippen LogP contribution in [0.15, 0.2) is 47.6 Å². The van der Waals surface area contributed by atoms with Gasteiger partial charge in [-0.25, -0.2) is 9.37 Å². The van der Waals surface area contributed by atoms with Crippen LogP contribution >= 0.6 is 11.8 Å². The van der Waals surface area contributed by atoms with E-state index in [1.165, 1.54) is 23.4 Å². The number of rotatable bonds is 5. The summed E-state index contributed by atoms with van der Waals surface area (Å²) in [5.74, 6) is 0.0699. The Morgan fingerprint density at radius 1 is 1.19 bits per heavy atom. The minimum atomic E-state index is -0.430. The molecule has 0 saturated carbocycles. The Morgan fingerprint density at radius 3 is 2.62 bits per heavy atom. The van der Waals surface area contributed by atoms with E-state index in [1.807, 2.05) is 31.2 Å². The van der Waals surface area contributed by atoms with Crippen molar-refractivity contribution in [1.82, 2.24) is 15.2 Å². The van der Waals surface area contributed by atoms with Crippen LogP contribution in [0.2, 0.25) is 0 Å². The van der Waals surface area contributed by atoms with E-state index in [1.54, 1.807) is 26.0 Å². The van der Waals surface area contributed by atoms with Gasteiger partial charge in [0.2, 0.25) is 11.1 Å². The lowest BCUT2D eigenvalue weighted by Crippen LogP contribution is -2.22. The van der Waals surface area contributed by atoms with E-state index >= 15 is 0 Å². The highest BCUT2D eigenvalue weighted by molar-refractivity contribution is 8.00. The zero-order valence-electron chi connectivity index (χ0n) is 14.7. The monoisotopic (exact) mass is 370 g/mol. The number of amides is 1. The Kier molecular flexibility index (Phi) is 5.37. The number of hydrogen-bond acceptors (Lipinski definition) is 4. The fourth-order valence-corrected chi connectivity index (χ4v) is 2.99. The number of benzene rings is 2. The molecule has 0 fully saturated rings. The number of hydrogen-bond donors (Lipinski definition) is 2. The summed E-state index contributed by atoms with van der Waals surface area (Å²) in [5, 5.41) is 9.81. The lowest BCUT2D eigenvalue weighted by atomic mass is 10.1. The Labute approximate surface area is 155 Å². The molecule has 2 N–H and O–H groups in total. The summed E-state index contributed by atoms with van der Waals surface area (Å²) in [6, 6.07) is 12.6. The summed E-state index contributed by atoms with van der Waals surface area (Å²) in [4.78, 5) is 16.7. The Hall–Kier alpha value is -2.67. The van der Waals surface area contributed by atoms with Gasteiger partial charge < -0.3 is 5.32 Å². The van der Waals surface area contributed by atoms with Gasteiger partial charge in [-0.2, -0.15) is 0 Å². The highest BCUT2D eigenvalue weighted by atomic mass is 32.2. The second-order valence-corrected chi connectivity index (χ2v) is 7.35. The second kappa shape index (κ2) is 7.70. The van der Waals surface area contributed by atoms with Crippen molar-refractivity contribution in [2.24, 2.45) is 0 Å². The highest BCUT2D eigenvalue weighted by Crippen LogP contribution is 2.24. The molecule has 0 radical (unpaired) electrons. The third-order valence-corrected chi connectivity index (χ3v) is 4.84. The first-order valence-corrected chi connectivity index (χ1v) is 9.03. The molecule has 26 heavy (non-hydrogen) atoms. The first kappa shape index (κ1) is 18.1. The van der Waals surface area contributed by atoms with Crippen LogP contribution in [0.25, 0.3) is 11.4 Å². The number of thioether (sulfide) groups is 1. The van der Waals surface area contributed by atoms with Crippen LogP contribution in [0, 0.1) is 19.7 Å². The number of nitrogens with one attached hydrogen (secondary N) is 2. The summed E-state index contributed by atoms with van der Waals surface area (Å²) in [7, 11) is 0. The number of aryl methyl sites for hydroxylation is 2. The molecule has 0 spiro atoms. The number of nitrogens with zero attached hydrogens (tertiary/aromatic N) is 2. The van der Waals surface area contributed by atoms with E-state index in [2.05, 4.69) is 20.5 Å². The second-order valence-electron chi connectivity index (χ2n) is 6.05. The van der Waals surface area contributed by atoms with Crippen LogP contribution in [0.3, 0.4) is 0 Å². The summed E-state index contributed by atoms with van der Waals surface area (Å²) in [6.07, 6.45) is 0. The molecule has 3 rings (SSSR count).